The largest absolute Gasteiger partial charge is 0.493 e. The van der Waals surface area contributed by atoms with Crippen LogP contribution in [0, 0.1) is 0 Å². The highest BCUT2D eigenvalue weighted by atomic mass is 16.5. The van der Waals surface area contributed by atoms with E-state index in [0.29, 0.717) is 17.9 Å². The highest BCUT2D eigenvalue weighted by Crippen LogP contribution is 2.29. The number of carboxylic acid groups (broad SMARTS) is 1. The summed E-state index contributed by atoms with van der Waals surface area (Å²) < 4.78 is 10.3. The molecule has 0 unspecified atom stereocenters. The second-order valence-electron chi connectivity index (χ2n) is 4.60. The summed E-state index contributed by atoms with van der Waals surface area (Å²) in [6.07, 6.45) is 0.645. The summed E-state index contributed by atoms with van der Waals surface area (Å²) in [4.78, 5) is 24.3. The highest BCUT2D eigenvalue weighted by molar-refractivity contribution is 5.87. The molecule has 0 radical (unpaired) electrons. The molecule has 1 saturated heterocycles. The zero-order chi connectivity index (χ0) is 14.7. The van der Waals surface area contributed by atoms with Crippen LogP contribution in [-0.2, 0) is 16.1 Å². The van der Waals surface area contributed by atoms with Crippen molar-refractivity contribution in [3.63, 3.8) is 0 Å². The summed E-state index contributed by atoms with van der Waals surface area (Å²) in [6, 6.07) is 4.55. The molecule has 0 bridgehead atoms. The van der Waals surface area contributed by atoms with E-state index in [4.69, 9.17) is 14.6 Å². The normalized spacial score (nSPS) is 18.2. The Kier molecular flexibility index (Phi) is 4.12. The Morgan fingerprint density at radius 1 is 1.35 bits per heavy atom. The number of methoxy groups -OCH3 is 2. The van der Waals surface area contributed by atoms with Crippen LogP contribution in [0.15, 0.2) is 18.2 Å². The van der Waals surface area contributed by atoms with Crippen LogP contribution in [0.5, 0.6) is 11.5 Å². The molecule has 1 aromatic rings. The number of carbonyl (C=O) groups excluding carboxylic acids is 1. The van der Waals surface area contributed by atoms with Gasteiger partial charge in [-0.15, -0.1) is 0 Å². The SMILES string of the molecule is COc1ccc(CN2C(=O)CC[C@H]2C(=O)O)cc1OC. The molecule has 1 amide bonds. The molecule has 108 valence electrons. The van der Waals surface area contributed by atoms with Gasteiger partial charge in [-0.1, -0.05) is 6.07 Å². The molecule has 2 rings (SSSR count). The monoisotopic (exact) mass is 279 g/mol. The van der Waals surface area contributed by atoms with Crippen molar-refractivity contribution in [2.45, 2.75) is 25.4 Å². The van der Waals surface area contributed by atoms with E-state index in [1.54, 1.807) is 25.3 Å². The van der Waals surface area contributed by atoms with Gasteiger partial charge in [-0.25, -0.2) is 4.79 Å². The van der Waals surface area contributed by atoms with Gasteiger partial charge >= 0.3 is 5.97 Å². The first kappa shape index (κ1) is 14.2. The quantitative estimate of drug-likeness (QED) is 0.878. The van der Waals surface area contributed by atoms with Crippen molar-refractivity contribution in [1.82, 2.24) is 4.90 Å². The lowest BCUT2D eigenvalue weighted by Crippen LogP contribution is -2.37. The van der Waals surface area contributed by atoms with E-state index in [1.165, 1.54) is 12.0 Å². The number of likely N-dealkylation sites (tertiary alicyclic amines) is 1. The molecule has 1 fully saturated rings. The third-order valence-electron chi connectivity index (χ3n) is 3.41. The van der Waals surface area contributed by atoms with Crippen LogP contribution in [0.4, 0.5) is 0 Å². The predicted octanol–water partition coefficient (Wildman–Crippen LogP) is 1.28. The highest BCUT2D eigenvalue weighted by Gasteiger charge is 2.35. The smallest absolute Gasteiger partial charge is 0.326 e. The maximum absolute atomic E-state index is 11.8. The zero-order valence-corrected chi connectivity index (χ0v) is 11.5. The van der Waals surface area contributed by atoms with Crippen LogP contribution in [0.2, 0.25) is 0 Å². The van der Waals surface area contributed by atoms with Crippen molar-refractivity contribution in [2.24, 2.45) is 0 Å². The van der Waals surface area contributed by atoms with Gasteiger partial charge in [-0.2, -0.15) is 0 Å². The molecule has 0 saturated carbocycles. The molecule has 0 spiro atoms. The van der Waals surface area contributed by atoms with Crippen molar-refractivity contribution in [3.8, 4) is 11.5 Å². The lowest BCUT2D eigenvalue weighted by atomic mass is 10.1. The molecule has 6 nitrogen and oxygen atoms in total. The van der Waals surface area contributed by atoms with E-state index in [2.05, 4.69) is 0 Å². The number of benzene rings is 1. The molecular formula is C14H17NO5. The average molecular weight is 279 g/mol. The number of hydrogen-bond donors (Lipinski definition) is 1. The number of carboxylic acids is 1. The molecule has 6 heteroatoms. The van der Waals surface area contributed by atoms with Crippen LogP contribution in [0.3, 0.4) is 0 Å². The number of hydrogen-bond acceptors (Lipinski definition) is 4. The van der Waals surface area contributed by atoms with Crippen molar-refractivity contribution in [3.05, 3.63) is 23.8 Å². The third-order valence-corrected chi connectivity index (χ3v) is 3.41. The van der Waals surface area contributed by atoms with Gasteiger partial charge in [-0.3, -0.25) is 4.79 Å². The second kappa shape index (κ2) is 5.81. The number of nitrogens with zero attached hydrogens (tertiary/aromatic N) is 1. The Labute approximate surface area is 116 Å². The Morgan fingerprint density at radius 2 is 2.05 bits per heavy atom. The first-order chi connectivity index (χ1) is 9.56. The third kappa shape index (κ3) is 2.68. The molecule has 0 aromatic heterocycles. The maximum atomic E-state index is 11.8. The summed E-state index contributed by atoms with van der Waals surface area (Å²) >= 11 is 0. The van der Waals surface area contributed by atoms with E-state index in [0.717, 1.165) is 5.56 Å². The number of carbonyl (C=O) groups is 2. The Hall–Kier alpha value is -2.24. The average Bonchev–Trinajstić information content (AvgIpc) is 2.80. The molecule has 1 N–H and O–H groups in total. The van der Waals surface area contributed by atoms with Gasteiger partial charge in [0, 0.05) is 13.0 Å². The number of rotatable bonds is 5. The van der Waals surface area contributed by atoms with E-state index in [9.17, 15) is 9.59 Å². The van der Waals surface area contributed by atoms with E-state index < -0.39 is 12.0 Å². The lowest BCUT2D eigenvalue weighted by molar-refractivity contribution is -0.146. The van der Waals surface area contributed by atoms with Gasteiger partial charge in [-0.05, 0) is 24.1 Å². The summed E-state index contributed by atoms with van der Waals surface area (Å²) in [6.45, 7) is 0.260. The van der Waals surface area contributed by atoms with Gasteiger partial charge in [0.1, 0.15) is 6.04 Å². The van der Waals surface area contributed by atoms with Crippen molar-refractivity contribution in [1.29, 1.82) is 0 Å². The summed E-state index contributed by atoms with van der Waals surface area (Å²) in [5.41, 5.74) is 0.809. The van der Waals surface area contributed by atoms with Gasteiger partial charge in [0.2, 0.25) is 5.91 Å². The second-order valence-corrected chi connectivity index (χ2v) is 4.60. The number of ether oxygens (including phenoxy) is 2. The molecular weight excluding hydrogens is 262 g/mol. The molecule has 1 atom stereocenters. The Bertz CT molecular complexity index is 528. The Balaban J connectivity index is 2.20. The zero-order valence-electron chi connectivity index (χ0n) is 11.5. The number of aliphatic carboxylic acids is 1. The molecule has 1 aromatic carbocycles. The van der Waals surface area contributed by atoms with Crippen molar-refractivity contribution >= 4 is 11.9 Å². The maximum Gasteiger partial charge on any atom is 0.326 e. The van der Waals surface area contributed by atoms with Crippen LogP contribution in [0.1, 0.15) is 18.4 Å². The molecule has 1 heterocycles. The first-order valence-electron chi connectivity index (χ1n) is 6.30. The van der Waals surface area contributed by atoms with Gasteiger partial charge in [0.15, 0.2) is 11.5 Å². The van der Waals surface area contributed by atoms with Crippen LogP contribution in [0.25, 0.3) is 0 Å². The minimum atomic E-state index is -0.962. The topological polar surface area (TPSA) is 76.1 Å². The summed E-state index contributed by atoms with van der Waals surface area (Å²) in [7, 11) is 3.07. The minimum Gasteiger partial charge on any atom is -0.493 e. The van der Waals surface area contributed by atoms with Gasteiger partial charge in [0.25, 0.3) is 0 Å². The number of amides is 1. The van der Waals surface area contributed by atoms with Gasteiger partial charge in [0.05, 0.1) is 14.2 Å². The standard InChI is InChI=1S/C14H17NO5/c1-19-11-5-3-9(7-12(11)20-2)8-15-10(14(17)18)4-6-13(15)16/h3,5,7,10H,4,6,8H2,1-2H3,(H,17,18)/t10-/m0/s1. The van der Waals surface area contributed by atoms with Crippen LogP contribution < -0.4 is 9.47 Å². The summed E-state index contributed by atoms with van der Waals surface area (Å²) in [5.74, 6) is 0.0609. The fraction of sp³-hybridized carbons (Fsp3) is 0.429. The fourth-order valence-electron chi connectivity index (χ4n) is 2.36. The fourth-order valence-corrected chi connectivity index (χ4v) is 2.36. The Morgan fingerprint density at radius 3 is 2.65 bits per heavy atom. The van der Waals surface area contributed by atoms with Gasteiger partial charge < -0.3 is 19.5 Å². The summed E-state index contributed by atoms with van der Waals surface area (Å²) in [5, 5.41) is 9.12. The van der Waals surface area contributed by atoms with E-state index in [1.807, 2.05) is 0 Å². The van der Waals surface area contributed by atoms with Crippen LogP contribution in [-0.4, -0.2) is 42.1 Å². The van der Waals surface area contributed by atoms with E-state index in [-0.39, 0.29) is 18.9 Å². The predicted molar refractivity (Wildman–Crippen MR) is 70.8 cm³/mol. The molecule has 20 heavy (non-hydrogen) atoms. The minimum absolute atomic E-state index is 0.132. The van der Waals surface area contributed by atoms with Crippen LogP contribution >= 0.6 is 0 Å². The molecule has 1 aliphatic heterocycles. The van der Waals surface area contributed by atoms with Crippen molar-refractivity contribution < 1.29 is 24.2 Å². The first-order valence-corrected chi connectivity index (χ1v) is 6.30. The molecule has 0 aliphatic carbocycles. The molecule has 1 aliphatic rings. The van der Waals surface area contributed by atoms with Crippen molar-refractivity contribution in [2.75, 3.05) is 14.2 Å². The lowest BCUT2D eigenvalue weighted by Gasteiger charge is -2.22. The van der Waals surface area contributed by atoms with E-state index >= 15 is 0 Å².